The highest BCUT2D eigenvalue weighted by atomic mass is 35.5. The van der Waals surface area contributed by atoms with Crippen LogP contribution in [0.3, 0.4) is 0 Å². The molecule has 0 saturated carbocycles. The van der Waals surface area contributed by atoms with E-state index in [9.17, 15) is 8.78 Å². The Labute approximate surface area is 121 Å². The van der Waals surface area contributed by atoms with Gasteiger partial charge in [-0.3, -0.25) is 0 Å². The molecule has 0 heterocycles. The Hall–Kier alpha value is -1.81. The number of halogens is 3. The van der Waals surface area contributed by atoms with Crippen molar-refractivity contribution in [2.24, 2.45) is 0 Å². The molecule has 2 nitrogen and oxygen atoms in total. The van der Waals surface area contributed by atoms with E-state index in [-0.39, 0.29) is 5.56 Å². The van der Waals surface area contributed by atoms with Crippen LogP contribution in [0, 0.1) is 0 Å². The summed E-state index contributed by atoms with van der Waals surface area (Å²) in [6, 6.07) is 12.5. The minimum atomic E-state index is -2.95. The van der Waals surface area contributed by atoms with Crippen molar-refractivity contribution in [2.45, 2.75) is 5.92 Å². The smallest absolute Gasteiger partial charge is 0.290 e. The molecule has 0 fully saturated rings. The van der Waals surface area contributed by atoms with Gasteiger partial charge >= 0.3 is 0 Å². The van der Waals surface area contributed by atoms with Gasteiger partial charge in [0, 0.05) is 11.3 Å². The van der Waals surface area contributed by atoms with Crippen LogP contribution in [-0.4, -0.2) is 13.7 Å². The summed E-state index contributed by atoms with van der Waals surface area (Å²) < 4.78 is 32.9. The maximum Gasteiger partial charge on any atom is 0.290 e. The van der Waals surface area contributed by atoms with E-state index in [2.05, 4.69) is 5.32 Å². The maximum absolute atomic E-state index is 14.0. The standard InChI is InChI=1S/C15H14ClF2NO/c1-20-14-8-7-12(9-13(14)16)19-10-15(17,18)11-5-3-2-4-6-11/h2-9,19H,10H2,1H3. The van der Waals surface area contributed by atoms with Gasteiger partial charge in [-0.1, -0.05) is 41.9 Å². The van der Waals surface area contributed by atoms with Crippen molar-refractivity contribution in [3.8, 4) is 5.75 Å². The molecule has 0 radical (unpaired) electrons. The number of hydrogen-bond donors (Lipinski definition) is 1. The Morgan fingerprint density at radius 1 is 1.15 bits per heavy atom. The number of rotatable bonds is 5. The lowest BCUT2D eigenvalue weighted by Gasteiger charge is -2.18. The van der Waals surface area contributed by atoms with E-state index in [1.54, 1.807) is 36.4 Å². The molecule has 2 rings (SSSR count). The summed E-state index contributed by atoms with van der Waals surface area (Å²) in [5.74, 6) is -2.44. The normalized spacial score (nSPS) is 11.2. The third-order valence-electron chi connectivity index (χ3n) is 2.86. The molecule has 0 aromatic heterocycles. The predicted molar refractivity (Wildman–Crippen MR) is 76.8 cm³/mol. The quantitative estimate of drug-likeness (QED) is 0.874. The molecule has 0 aliphatic rings. The van der Waals surface area contributed by atoms with Gasteiger partial charge in [-0.15, -0.1) is 0 Å². The maximum atomic E-state index is 14.0. The van der Waals surface area contributed by atoms with Crippen LogP contribution in [0.25, 0.3) is 0 Å². The molecule has 0 unspecified atom stereocenters. The molecular formula is C15H14ClF2NO. The average molecular weight is 298 g/mol. The van der Waals surface area contributed by atoms with Crippen molar-refractivity contribution in [2.75, 3.05) is 19.0 Å². The van der Waals surface area contributed by atoms with E-state index in [1.807, 2.05) is 0 Å². The Bertz CT molecular complexity index is 575. The summed E-state index contributed by atoms with van der Waals surface area (Å²) in [4.78, 5) is 0. The van der Waals surface area contributed by atoms with Crippen LogP contribution < -0.4 is 10.1 Å². The summed E-state index contributed by atoms with van der Waals surface area (Å²) >= 11 is 5.94. The van der Waals surface area contributed by atoms with Gasteiger partial charge in [-0.05, 0) is 18.2 Å². The Balaban J connectivity index is 2.06. The third kappa shape index (κ3) is 3.39. The van der Waals surface area contributed by atoms with Gasteiger partial charge in [0.25, 0.3) is 5.92 Å². The molecule has 0 amide bonds. The topological polar surface area (TPSA) is 21.3 Å². The summed E-state index contributed by atoms with van der Waals surface area (Å²) in [7, 11) is 1.50. The van der Waals surface area contributed by atoms with Gasteiger partial charge in [0.1, 0.15) is 5.75 Å². The highest BCUT2D eigenvalue weighted by Crippen LogP contribution is 2.30. The molecule has 0 atom stereocenters. The minimum absolute atomic E-state index is 0.0212. The predicted octanol–water partition coefficient (Wildman–Crippen LogP) is 4.55. The Kier molecular flexibility index (Phi) is 4.45. The third-order valence-corrected chi connectivity index (χ3v) is 3.16. The zero-order valence-electron chi connectivity index (χ0n) is 10.9. The molecule has 0 saturated heterocycles. The van der Waals surface area contributed by atoms with Gasteiger partial charge in [0.05, 0.1) is 18.7 Å². The molecule has 2 aromatic rings. The molecule has 1 N–H and O–H groups in total. The molecule has 20 heavy (non-hydrogen) atoms. The number of alkyl halides is 2. The fourth-order valence-corrected chi connectivity index (χ4v) is 2.03. The summed E-state index contributed by atoms with van der Waals surface area (Å²) in [6.45, 7) is -0.500. The van der Waals surface area contributed by atoms with E-state index in [4.69, 9.17) is 16.3 Å². The van der Waals surface area contributed by atoms with Crippen LogP contribution in [0.2, 0.25) is 5.02 Å². The molecule has 0 spiro atoms. The second kappa shape index (κ2) is 6.09. The monoisotopic (exact) mass is 297 g/mol. The first-order valence-corrected chi connectivity index (χ1v) is 6.41. The van der Waals surface area contributed by atoms with Gasteiger partial charge in [0.15, 0.2) is 0 Å². The zero-order chi connectivity index (χ0) is 14.6. The number of ether oxygens (including phenoxy) is 1. The van der Waals surface area contributed by atoms with Crippen molar-refractivity contribution < 1.29 is 13.5 Å². The van der Waals surface area contributed by atoms with Crippen LogP contribution in [0.15, 0.2) is 48.5 Å². The van der Waals surface area contributed by atoms with E-state index in [0.717, 1.165) is 0 Å². The lowest BCUT2D eigenvalue weighted by molar-refractivity contribution is 0.0106. The lowest BCUT2D eigenvalue weighted by Crippen LogP contribution is -2.24. The minimum Gasteiger partial charge on any atom is -0.495 e. The van der Waals surface area contributed by atoms with E-state index >= 15 is 0 Å². The molecule has 0 bridgehead atoms. The van der Waals surface area contributed by atoms with Crippen molar-refractivity contribution >= 4 is 17.3 Å². The Morgan fingerprint density at radius 2 is 1.85 bits per heavy atom. The Morgan fingerprint density at radius 3 is 2.45 bits per heavy atom. The van der Waals surface area contributed by atoms with Crippen LogP contribution in [0.5, 0.6) is 5.75 Å². The van der Waals surface area contributed by atoms with Gasteiger partial charge in [0.2, 0.25) is 0 Å². The number of anilines is 1. The van der Waals surface area contributed by atoms with Crippen molar-refractivity contribution in [3.63, 3.8) is 0 Å². The average Bonchev–Trinajstić information content (AvgIpc) is 2.46. The molecule has 2 aromatic carbocycles. The molecule has 106 valence electrons. The van der Waals surface area contributed by atoms with E-state index in [0.29, 0.717) is 16.5 Å². The number of nitrogens with one attached hydrogen (secondary N) is 1. The molecular weight excluding hydrogens is 284 g/mol. The first kappa shape index (κ1) is 14.6. The summed E-state index contributed by atoms with van der Waals surface area (Å²) in [5, 5.41) is 3.06. The fraction of sp³-hybridized carbons (Fsp3) is 0.200. The van der Waals surface area contributed by atoms with Gasteiger partial charge < -0.3 is 10.1 Å². The highest BCUT2D eigenvalue weighted by molar-refractivity contribution is 6.32. The highest BCUT2D eigenvalue weighted by Gasteiger charge is 2.30. The first-order chi connectivity index (χ1) is 9.53. The zero-order valence-corrected chi connectivity index (χ0v) is 11.6. The van der Waals surface area contributed by atoms with Crippen LogP contribution in [-0.2, 0) is 5.92 Å². The van der Waals surface area contributed by atoms with Crippen LogP contribution in [0.1, 0.15) is 5.56 Å². The van der Waals surface area contributed by atoms with E-state index < -0.39 is 12.5 Å². The van der Waals surface area contributed by atoms with Crippen LogP contribution >= 0.6 is 11.6 Å². The number of benzene rings is 2. The number of hydrogen-bond acceptors (Lipinski definition) is 2. The van der Waals surface area contributed by atoms with Gasteiger partial charge in [-0.25, -0.2) is 0 Å². The largest absolute Gasteiger partial charge is 0.495 e. The number of methoxy groups -OCH3 is 1. The second-order valence-corrected chi connectivity index (χ2v) is 4.68. The van der Waals surface area contributed by atoms with Crippen molar-refractivity contribution in [3.05, 3.63) is 59.1 Å². The fourth-order valence-electron chi connectivity index (χ4n) is 1.77. The second-order valence-electron chi connectivity index (χ2n) is 4.27. The summed E-state index contributed by atoms with van der Waals surface area (Å²) in [6.07, 6.45) is 0. The first-order valence-electron chi connectivity index (χ1n) is 6.04. The van der Waals surface area contributed by atoms with Crippen molar-refractivity contribution in [1.29, 1.82) is 0 Å². The van der Waals surface area contributed by atoms with Crippen molar-refractivity contribution in [1.82, 2.24) is 0 Å². The SMILES string of the molecule is COc1ccc(NCC(F)(F)c2ccccc2)cc1Cl. The van der Waals surface area contributed by atoms with Crippen LogP contribution in [0.4, 0.5) is 14.5 Å². The summed E-state index contributed by atoms with van der Waals surface area (Å²) in [5.41, 5.74) is 0.499. The molecule has 0 aliphatic heterocycles. The lowest BCUT2D eigenvalue weighted by atomic mass is 10.1. The van der Waals surface area contributed by atoms with Gasteiger partial charge in [-0.2, -0.15) is 8.78 Å². The molecule has 0 aliphatic carbocycles. The molecule has 5 heteroatoms. The van der Waals surface area contributed by atoms with E-state index in [1.165, 1.54) is 19.2 Å².